The van der Waals surface area contributed by atoms with Gasteiger partial charge in [-0.2, -0.15) is 0 Å². The summed E-state index contributed by atoms with van der Waals surface area (Å²) in [5, 5.41) is 18.8. The summed E-state index contributed by atoms with van der Waals surface area (Å²) in [6.45, 7) is 2.92. The molecule has 0 aliphatic carbocycles. The lowest BCUT2D eigenvalue weighted by molar-refractivity contribution is -0.126. The van der Waals surface area contributed by atoms with Crippen LogP contribution in [0.4, 0.5) is 11.4 Å². The average Bonchev–Trinajstić information content (AvgIpc) is 3.15. The molecule has 2 aliphatic heterocycles. The lowest BCUT2D eigenvalue weighted by Crippen LogP contribution is -2.41. The molecule has 7 nitrogen and oxygen atoms in total. The predicted octanol–water partition coefficient (Wildman–Crippen LogP) is 3.26. The summed E-state index contributed by atoms with van der Waals surface area (Å²) in [7, 11) is 0. The molecule has 2 aromatic carbocycles. The van der Waals surface area contributed by atoms with Gasteiger partial charge in [0.25, 0.3) is 5.91 Å². The zero-order valence-electron chi connectivity index (χ0n) is 17.4. The number of carbonyl (C=O) groups is 2. The fraction of sp³-hybridized carbons (Fsp3) is 0.391. The highest BCUT2D eigenvalue weighted by molar-refractivity contribution is 7.99. The lowest BCUT2D eigenvalue weighted by Gasteiger charge is -2.21. The van der Waals surface area contributed by atoms with E-state index in [9.17, 15) is 14.7 Å². The van der Waals surface area contributed by atoms with Gasteiger partial charge in [-0.15, -0.1) is 0 Å². The second-order valence-electron chi connectivity index (χ2n) is 8.01. The number of fused-ring (bicyclic) bond motifs is 2. The normalized spacial score (nSPS) is 20.2. The van der Waals surface area contributed by atoms with E-state index >= 15 is 0 Å². The number of carbonyl (C=O) groups excluding carboxylic acids is 2. The fourth-order valence-corrected chi connectivity index (χ4v) is 4.69. The van der Waals surface area contributed by atoms with Crippen LogP contribution >= 0.6 is 11.8 Å². The minimum Gasteiger partial charge on any atom is -0.366 e. The first kappa shape index (κ1) is 21.7. The first-order valence-electron chi connectivity index (χ1n) is 10.5. The molecule has 2 aliphatic rings. The van der Waals surface area contributed by atoms with Gasteiger partial charge in [0.15, 0.2) is 6.29 Å². The topological polar surface area (TPSA) is 99.7 Å². The van der Waals surface area contributed by atoms with Crippen LogP contribution in [0, 0.1) is 5.92 Å². The van der Waals surface area contributed by atoms with Crippen LogP contribution in [0.2, 0.25) is 0 Å². The highest BCUT2D eigenvalue weighted by atomic mass is 32.2. The van der Waals surface area contributed by atoms with Crippen LogP contribution in [0.25, 0.3) is 0 Å². The molecule has 4 rings (SSSR count). The number of anilines is 2. The number of benzene rings is 2. The molecule has 2 heterocycles. The van der Waals surface area contributed by atoms with Gasteiger partial charge in [-0.25, -0.2) is 0 Å². The molecular formula is C23H27N3O4S. The third kappa shape index (κ3) is 5.39. The molecular weight excluding hydrogens is 414 g/mol. The van der Waals surface area contributed by atoms with Gasteiger partial charge >= 0.3 is 0 Å². The fourth-order valence-electron chi connectivity index (χ4n) is 3.72. The van der Waals surface area contributed by atoms with Crippen molar-refractivity contribution in [3.05, 3.63) is 48.0 Å². The van der Waals surface area contributed by atoms with Crippen LogP contribution in [0.1, 0.15) is 36.5 Å². The van der Waals surface area contributed by atoms with Crippen LogP contribution in [-0.2, 0) is 9.53 Å². The number of ether oxygens (including phenoxy) is 1. The highest BCUT2D eigenvalue weighted by Gasteiger charge is 2.27. The lowest BCUT2D eigenvalue weighted by atomic mass is 10.0. The summed E-state index contributed by atoms with van der Waals surface area (Å²) in [5.74, 6) is -0.124. The molecule has 2 unspecified atom stereocenters. The van der Waals surface area contributed by atoms with Crippen LogP contribution in [0.3, 0.4) is 0 Å². The Morgan fingerprint density at radius 1 is 1.23 bits per heavy atom. The van der Waals surface area contributed by atoms with Crippen molar-refractivity contribution in [1.29, 1.82) is 0 Å². The third-order valence-electron chi connectivity index (χ3n) is 5.48. The van der Waals surface area contributed by atoms with Crippen LogP contribution in [-0.4, -0.2) is 42.4 Å². The molecule has 2 aromatic rings. The molecule has 3 atom stereocenters. The molecule has 1 fully saturated rings. The molecule has 31 heavy (non-hydrogen) atoms. The molecule has 0 bridgehead atoms. The maximum Gasteiger partial charge on any atom is 0.251 e. The number of aliphatic hydroxyl groups is 1. The summed E-state index contributed by atoms with van der Waals surface area (Å²) in [6, 6.07) is 13.4. The molecule has 0 aromatic heterocycles. The standard InChI is InChI=1S/C23H27N3O4S/c1-14(12-21(27)26-17-9-11-30-23(17)29)8-10-24-22(28)15-6-7-20-18(13-15)25-16-4-2-3-5-19(16)31-20/h2-7,13-14,17,23,25,29H,8-12H2,1H3,(H,24,28)(H,26,27)/t14?,17-,23?/m0/s1. The molecule has 0 radical (unpaired) electrons. The number of para-hydroxylation sites is 1. The van der Waals surface area contributed by atoms with Crippen LogP contribution in [0.5, 0.6) is 0 Å². The van der Waals surface area contributed by atoms with E-state index < -0.39 is 6.29 Å². The summed E-state index contributed by atoms with van der Waals surface area (Å²) in [6.07, 6.45) is 0.738. The zero-order chi connectivity index (χ0) is 21.8. The monoisotopic (exact) mass is 441 g/mol. The maximum atomic E-state index is 12.6. The van der Waals surface area contributed by atoms with Gasteiger partial charge in [-0.1, -0.05) is 30.8 Å². The summed E-state index contributed by atoms with van der Waals surface area (Å²) >= 11 is 1.69. The van der Waals surface area contributed by atoms with Gasteiger partial charge in [0.1, 0.15) is 0 Å². The van der Waals surface area contributed by atoms with Crippen molar-refractivity contribution in [2.45, 2.75) is 48.3 Å². The summed E-state index contributed by atoms with van der Waals surface area (Å²) in [4.78, 5) is 27.0. The van der Waals surface area contributed by atoms with E-state index in [1.807, 2.05) is 43.3 Å². The Balaban J connectivity index is 1.23. The van der Waals surface area contributed by atoms with Gasteiger partial charge < -0.3 is 25.8 Å². The van der Waals surface area contributed by atoms with Crippen molar-refractivity contribution in [3.63, 3.8) is 0 Å². The van der Waals surface area contributed by atoms with Gasteiger partial charge in [-0.3, -0.25) is 9.59 Å². The molecule has 2 amide bonds. The number of hydrogen-bond donors (Lipinski definition) is 4. The number of amides is 2. The third-order valence-corrected chi connectivity index (χ3v) is 6.63. The SMILES string of the molecule is CC(CCNC(=O)c1ccc2c(c1)Nc1ccccc1S2)CC(=O)N[C@H]1CCOC1O. The van der Waals surface area contributed by atoms with Gasteiger partial charge in [-0.05, 0) is 49.1 Å². The van der Waals surface area contributed by atoms with E-state index in [-0.39, 0.29) is 23.8 Å². The van der Waals surface area contributed by atoms with Gasteiger partial charge in [0, 0.05) is 28.3 Å². The zero-order valence-corrected chi connectivity index (χ0v) is 18.2. The molecule has 0 spiro atoms. The summed E-state index contributed by atoms with van der Waals surface area (Å²) in [5.41, 5.74) is 2.58. The maximum absolute atomic E-state index is 12.6. The quantitative estimate of drug-likeness (QED) is 0.449. The Hall–Kier alpha value is -2.55. The molecule has 1 saturated heterocycles. The predicted molar refractivity (Wildman–Crippen MR) is 120 cm³/mol. The van der Waals surface area contributed by atoms with Crippen molar-refractivity contribution >= 4 is 35.0 Å². The Morgan fingerprint density at radius 2 is 2.03 bits per heavy atom. The van der Waals surface area contributed by atoms with Crippen molar-refractivity contribution in [3.8, 4) is 0 Å². The number of hydrogen-bond acceptors (Lipinski definition) is 6. The average molecular weight is 442 g/mol. The second kappa shape index (κ2) is 9.72. The number of rotatable bonds is 7. The Morgan fingerprint density at radius 3 is 2.84 bits per heavy atom. The largest absolute Gasteiger partial charge is 0.366 e. The Bertz CT molecular complexity index is 968. The van der Waals surface area contributed by atoms with E-state index in [2.05, 4.69) is 22.0 Å². The molecule has 0 saturated carbocycles. The van der Waals surface area contributed by atoms with E-state index in [1.54, 1.807) is 11.8 Å². The van der Waals surface area contributed by atoms with Crippen molar-refractivity contribution in [2.75, 3.05) is 18.5 Å². The van der Waals surface area contributed by atoms with Crippen molar-refractivity contribution in [2.24, 2.45) is 5.92 Å². The van der Waals surface area contributed by atoms with Crippen LogP contribution in [0.15, 0.2) is 52.3 Å². The van der Waals surface area contributed by atoms with E-state index in [0.29, 0.717) is 38.0 Å². The van der Waals surface area contributed by atoms with Crippen molar-refractivity contribution in [1.82, 2.24) is 10.6 Å². The summed E-state index contributed by atoms with van der Waals surface area (Å²) < 4.78 is 5.04. The van der Waals surface area contributed by atoms with Crippen LogP contribution < -0.4 is 16.0 Å². The highest BCUT2D eigenvalue weighted by Crippen LogP contribution is 2.44. The first-order chi connectivity index (χ1) is 15.0. The Labute approximate surface area is 185 Å². The van der Waals surface area contributed by atoms with Crippen molar-refractivity contribution < 1.29 is 19.4 Å². The molecule has 8 heteroatoms. The van der Waals surface area contributed by atoms with Gasteiger partial charge in [0.2, 0.25) is 5.91 Å². The minimum absolute atomic E-state index is 0.105. The smallest absolute Gasteiger partial charge is 0.251 e. The number of aliphatic hydroxyl groups excluding tert-OH is 1. The van der Waals surface area contributed by atoms with Gasteiger partial charge in [0.05, 0.1) is 24.0 Å². The molecule has 164 valence electrons. The van der Waals surface area contributed by atoms with E-state index in [4.69, 9.17) is 4.74 Å². The number of nitrogens with one attached hydrogen (secondary N) is 3. The Kier molecular flexibility index (Phi) is 6.80. The minimum atomic E-state index is -0.920. The first-order valence-corrected chi connectivity index (χ1v) is 11.4. The molecule has 4 N–H and O–H groups in total. The van der Waals surface area contributed by atoms with E-state index in [1.165, 1.54) is 4.90 Å². The second-order valence-corrected chi connectivity index (χ2v) is 9.10. The van der Waals surface area contributed by atoms with E-state index in [0.717, 1.165) is 16.3 Å².